The van der Waals surface area contributed by atoms with Crippen LogP contribution < -0.4 is 5.73 Å². The van der Waals surface area contributed by atoms with Crippen LogP contribution in [0.15, 0.2) is 29.3 Å². The summed E-state index contributed by atoms with van der Waals surface area (Å²) in [5.74, 6) is 0.638. The minimum absolute atomic E-state index is 0.638. The number of aryl methyl sites for hydroxylation is 2. The number of hydrogen-bond donors (Lipinski definition) is 1. The fraction of sp³-hybridized carbons (Fsp3) is 0.286. The van der Waals surface area contributed by atoms with Crippen LogP contribution in [0.3, 0.4) is 0 Å². The van der Waals surface area contributed by atoms with Gasteiger partial charge in [0.15, 0.2) is 0 Å². The molecule has 0 aliphatic heterocycles. The topological polar surface area (TPSA) is 61.1 Å². The van der Waals surface area contributed by atoms with Gasteiger partial charge in [-0.3, -0.25) is 4.40 Å². The van der Waals surface area contributed by atoms with Gasteiger partial charge in [0.05, 0.1) is 18.2 Å². The molecular weight excluding hydrogens is 318 g/mol. The van der Waals surface area contributed by atoms with Crippen LogP contribution in [-0.2, 0) is 6.54 Å². The van der Waals surface area contributed by atoms with Gasteiger partial charge >= 0.3 is 0 Å². The molecule has 20 heavy (non-hydrogen) atoms. The molecule has 0 spiro atoms. The number of nitrogen functional groups attached to an aromatic ring is 1. The molecule has 6 heteroatoms. The second-order valence-corrected chi connectivity index (χ2v) is 5.70. The Kier molecular flexibility index (Phi) is 3.25. The van der Waals surface area contributed by atoms with Crippen molar-refractivity contribution in [2.75, 3.05) is 5.73 Å². The van der Waals surface area contributed by atoms with Gasteiger partial charge in [-0.05, 0) is 40.9 Å². The average Bonchev–Trinajstić information content (AvgIpc) is 2.98. The number of imidazole rings is 2. The molecule has 3 aromatic rings. The summed E-state index contributed by atoms with van der Waals surface area (Å²) in [6, 6.07) is 2.02. The summed E-state index contributed by atoms with van der Waals surface area (Å²) in [7, 11) is 0. The van der Waals surface area contributed by atoms with E-state index < -0.39 is 0 Å². The number of anilines is 1. The van der Waals surface area contributed by atoms with Crippen LogP contribution in [0.4, 0.5) is 5.82 Å². The van der Waals surface area contributed by atoms with Crippen molar-refractivity contribution in [1.82, 2.24) is 18.9 Å². The van der Waals surface area contributed by atoms with Crippen molar-refractivity contribution >= 4 is 27.4 Å². The van der Waals surface area contributed by atoms with Gasteiger partial charge in [0.1, 0.15) is 17.2 Å². The van der Waals surface area contributed by atoms with Crippen molar-refractivity contribution in [1.29, 1.82) is 0 Å². The molecule has 0 atom stereocenters. The predicted molar refractivity (Wildman–Crippen MR) is 83.6 cm³/mol. The van der Waals surface area contributed by atoms with Gasteiger partial charge in [-0.25, -0.2) is 9.97 Å². The number of halogens is 1. The summed E-state index contributed by atoms with van der Waals surface area (Å²) in [6.45, 7) is 5.08. The van der Waals surface area contributed by atoms with E-state index in [-0.39, 0.29) is 0 Å². The highest BCUT2D eigenvalue weighted by atomic mass is 79.9. The summed E-state index contributed by atoms with van der Waals surface area (Å²) < 4.78 is 5.00. The predicted octanol–water partition coefficient (Wildman–Crippen LogP) is 3.26. The smallest absolute Gasteiger partial charge is 0.139 e. The van der Waals surface area contributed by atoms with E-state index in [1.807, 2.05) is 36.1 Å². The molecule has 0 saturated carbocycles. The lowest BCUT2D eigenvalue weighted by molar-refractivity contribution is 0.683. The molecule has 0 fully saturated rings. The van der Waals surface area contributed by atoms with Gasteiger partial charge in [-0.15, -0.1) is 0 Å². The Balaban J connectivity index is 2.21. The molecule has 0 aromatic carbocycles. The molecule has 0 aliphatic rings. The summed E-state index contributed by atoms with van der Waals surface area (Å²) in [6.07, 6.45) is 6.64. The van der Waals surface area contributed by atoms with Crippen molar-refractivity contribution in [3.8, 4) is 11.4 Å². The van der Waals surface area contributed by atoms with E-state index in [9.17, 15) is 0 Å². The first-order valence-electron chi connectivity index (χ1n) is 6.56. The molecule has 0 saturated heterocycles. The van der Waals surface area contributed by atoms with E-state index in [2.05, 4.69) is 37.4 Å². The number of nitrogens with zero attached hydrogens (tertiary/aromatic N) is 4. The Morgan fingerprint density at radius 3 is 2.95 bits per heavy atom. The molecular formula is C14H16BrN5. The molecule has 0 aliphatic carbocycles. The Hall–Kier alpha value is -1.82. The first kappa shape index (κ1) is 13.2. The van der Waals surface area contributed by atoms with Crippen molar-refractivity contribution < 1.29 is 0 Å². The third kappa shape index (κ3) is 2.00. The maximum atomic E-state index is 6.25. The monoisotopic (exact) mass is 333 g/mol. The Morgan fingerprint density at radius 2 is 2.20 bits per heavy atom. The SMILES string of the molecule is CCCn1cncc1-c1nc2cc(C)c(Br)cn2c1N. The molecule has 2 N–H and O–H groups in total. The van der Waals surface area contributed by atoms with Crippen LogP contribution in [0.1, 0.15) is 18.9 Å². The third-order valence-corrected chi connectivity index (χ3v) is 4.19. The number of rotatable bonds is 3. The largest absolute Gasteiger partial charge is 0.383 e. The lowest BCUT2D eigenvalue weighted by atomic mass is 10.3. The van der Waals surface area contributed by atoms with Crippen LogP contribution in [0.25, 0.3) is 17.0 Å². The van der Waals surface area contributed by atoms with Crippen molar-refractivity contribution in [3.05, 3.63) is 34.8 Å². The van der Waals surface area contributed by atoms with Crippen molar-refractivity contribution in [3.63, 3.8) is 0 Å². The standard InChI is InChI=1S/C14H16BrN5/c1-3-4-19-8-17-6-11(19)13-14(16)20-7-10(15)9(2)5-12(20)18-13/h5-8H,3-4,16H2,1-2H3. The van der Waals surface area contributed by atoms with Crippen LogP contribution in [0.5, 0.6) is 0 Å². The third-order valence-electron chi connectivity index (χ3n) is 3.36. The summed E-state index contributed by atoms with van der Waals surface area (Å²) >= 11 is 3.53. The van der Waals surface area contributed by atoms with Gasteiger partial charge in [0, 0.05) is 17.2 Å². The molecule has 104 valence electrons. The van der Waals surface area contributed by atoms with Crippen LogP contribution in [-0.4, -0.2) is 18.9 Å². The van der Waals surface area contributed by atoms with E-state index in [0.29, 0.717) is 5.82 Å². The lowest BCUT2D eigenvalue weighted by Gasteiger charge is -2.04. The fourth-order valence-corrected chi connectivity index (χ4v) is 2.62. The van der Waals surface area contributed by atoms with Crippen LogP contribution >= 0.6 is 15.9 Å². The number of pyridine rings is 1. The average molecular weight is 334 g/mol. The first-order valence-corrected chi connectivity index (χ1v) is 7.35. The number of fused-ring (bicyclic) bond motifs is 1. The molecule has 0 amide bonds. The quantitative estimate of drug-likeness (QED) is 0.800. The highest BCUT2D eigenvalue weighted by molar-refractivity contribution is 9.10. The van der Waals surface area contributed by atoms with Gasteiger partial charge in [-0.1, -0.05) is 6.92 Å². The zero-order chi connectivity index (χ0) is 14.3. The second-order valence-electron chi connectivity index (χ2n) is 4.85. The Morgan fingerprint density at radius 1 is 1.40 bits per heavy atom. The zero-order valence-electron chi connectivity index (χ0n) is 11.5. The van der Waals surface area contributed by atoms with E-state index in [4.69, 9.17) is 5.73 Å². The first-order chi connectivity index (χ1) is 9.61. The lowest BCUT2D eigenvalue weighted by Crippen LogP contribution is -2.00. The number of nitrogens with two attached hydrogens (primary N) is 1. The van der Waals surface area contributed by atoms with Gasteiger partial charge in [-0.2, -0.15) is 0 Å². The molecule has 3 aromatic heterocycles. The second kappa shape index (κ2) is 4.94. The Bertz CT molecular complexity index is 771. The number of hydrogen-bond acceptors (Lipinski definition) is 3. The summed E-state index contributed by atoms with van der Waals surface area (Å²) in [4.78, 5) is 8.87. The summed E-state index contributed by atoms with van der Waals surface area (Å²) in [5.41, 5.74) is 9.98. The van der Waals surface area contributed by atoms with E-state index >= 15 is 0 Å². The Labute approximate surface area is 125 Å². The van der Waals surface area contributed by atoms with Gasteiger partial charge < -0.3 is 10.3 Å². The minimum Gasteiger partial charge on any atom is -0.383 e. The molecule has 0 radical (unpaired) electrons. The van der Waals surface area contributed by atoms with Crippen LogP contribution in [0, 0.1) is 6.92 Å². The van der Waals surface area contributed by atoms with E-state index in [0.717, 1.165) is 40.0 Å². The highest BCUT2D eigenvalue weighted by Gasteiger charge is 2.15. The van der Waals surface area contributed by atoms with Crippen molar-refractivity contribution in [2.24, 2.45) is 0 Å². The molecule has 3 heterocycles. The van der Waals surface area contributed by atoms with Crippen molar-refractivity contribution in [2.45, 2.75) is 26.8 Å². The summed E-state index contributed by atoms with van der Waals surface area (Å²) in [5, 5.41) is 0. The molecule has 0 bridgehead atoms. The van der Waals surface area contributed by atoms with Crippen LogP contribution in [0.2, 0.25) is 0 Å². The maximum Gasteiger partial charge on any atom is 0.139 e. The zero-order valence-corrected chi connectivity index (χ0v) is 13.1. The normalized spacial score (nSPS) is 11.3. The highest BCUT2D eigenvalue weighted by Crippen LogP contribution is 2.28. The number of aromatic nitrogens is 4. The van der Waals surface area contributed by atoms with E-state index in [1.165, 1.54) is 0 Å². The maximum absolute atomic E-state index is 6.25. The van der Waals surface area contributed by atoms with Gasteiger partial charge in [0.25, 0.3) is 0 Å². The molecule has 5 nitrogen and oxygen atoms in total. The molecule has 0 unspecified atom stereocenters. The molecule has 3 rings (SSSR count). The van der Waals surface area contributed by atoms with E-state index in [1.54, 1.807) is 0 Å². The fourth-order valence-electron chi connectivity index (χ4n) is 2.30. The minimum atomic E-state index is 0.638. The van der Waals surface area contributed by atoms with Gasteiger partial charge in [0.2, 0.25) is 0 Å².